The lowest BCUT2D eigenvalue weighted by Gasteiger charge is -2.47. The predicted octanol–water partition coefficient (Wildman–Crippen LogP) is 4.70. The Morgan fingerprint density at radius 1 is 1.04 bits per heavy atom. The Kier molecular flexibility index (Phi) is 5.67. The number of anilines is 1. The largest absolute Gasteiger partial charge is 0.338 e. The van der Waals surface area contributed by atoms with Gasteiger partial charge in [0, 0.05) is 25.2 Å². The van der Waals surface area contributed by atoms with E-state index in [2.05, 4.69) is 41.6 Å². The predicted molar refractivity (Wildman–Crippen MR) is 115 cm³/mol. The number of hydrogen-bond donors (Lipinski definition) is 2. The normalized spacial score (nSPS) is 27.2. The van der Waals surface area contributed by atoms with E-state index in [1.54, 1.807) is 0 Å². The number of nitrogens with one attached hydrogen (secondary N) is 2. The smallest absolute Gasteiger partial charge is 0.319 e. The molecule has 0 radical (unpaired) electrons. The Balaban J connectivity index is 1.39. The zero-order valence-corrected chi connectivity index (χ0v) is 16.9. The fourth-order valence-corrected chi connectivity index (χ4v) is 5.35. The van der Waals surface area contributed by atoms with Gasteiger partial charge < -0.3 is 15.5 Å². The van der Waals surface area contributed by atoms with Crippen LogP contribution in [0.15, 0.2) is 54.6 Å². The topological polar surface area (TPSA) is 44.4 Å². The van der Waals surface area contributed by atoms with Crippen molar-refractivity contribution in [2.45, 2.75) is 19.8 Å². The van der Waals surface area contributed by atoms with Crippen molar-refractivity contribution in [2.24, 2.45) is 23.7 Å². The summed E-state index contributed by atoms with van der Waals surface area (Å²) in [4.78, 5) is 15.1. The monoisotopic (exact) mass is 377 g/mol. The minimum atomic E-state index is -0.109. The molecule has 1 aliphatic heterocycles. The molecule has 1 aliphatic carbocycles. The third-order valence-electron chi connectivity index (χ3n) is 6.55. The Hall–Kier alpha value is -2.33. The Morgan fingerprint density at radius 3 is 2.61 bits per heavy atom. The maximum absolute atomic E-state index is 12.7. The number of para-hydroxylation sites is 1. The first-order chi connectivity index (χ1) is 13.6. The van der Waals surface area contributed by atoms with Crippen LogP contribution in [-0.2, 0) is 0 Å². The molecule has 1 saturated carbocycles. The van der Waals surface area contributed by atoms with Gasteiger partial charge in [-0.3, -0.25) is 0 Å². The second-order valence-electron chi connectivity index (χ2n) is 8.71. The summed E-state index contributed by atoms with van der Waals surface area (Å²) in [5.74, 6) is 2.77. The van der Waals surface area contributed by atoms with E-state index < -0.39 is 0 Å². The van der Waals surface area contributed by atoms with Crippen LogP contribution in [0.4, 0.5) is 10.5 Å². The Bertz CT molecular complexity index is 803. The third kappa shape index (κ3) is 4.22. The number of piperidine rings is 1. The summed E-state index contributed by atoms with van der Waals surface area (Å²) in [5, 5.41) is 6.23. The third-order valence-corrected chi connectivity index (χ3v) is 6.55. The number of rotatable bonds is 4. The summed E-state index contributed by atoms with van der Waals surface area (Å²) in [6.07, 6.45) is 2.60. The van der Waals surface area contributed by atoms with Gasteiger partial charge in [0.25, 0.3) is 0 Å². The van der Waals surface area contributed by atoms with Gasteiger partial charge in [0.1, 0.15) is 0 Å². The van der Waals surface area contributed by atoms with Gasteiger partial charge in [0.15, 0.2) is 0 Å². The van der Waals surface area contributed by atoms with E-state index in [0.717, 1.165) is 35.8 Å². The molecule has 2 aliphatic rings. The summed E-state index contributed by atoms with van der Waals surface area (Å²) in [5.41, 5.74) is 3.00. The quantitative estimate of drug-likeness (QED) is 0.811. The molecule has 1 saturated heterocycles. The fraction of sp³-hybridized carbons (Fsp3) is 0.458. The number of likely N-dealkylation sites (tertiary alicyclic amines) is 1. The molecule has 2 bridgehead atoms. The number of amides is 2. The van der Waals surface area contributed by atoms with E-state index in [0.29, 0.717) is 17.8 Å². The van der Waals surface area contributed by atoms with Crippen LogP contribution in [0.2, 0.25) is 0 Å². The molecule has 0 unspecified atom stereocenters. The molecule has 148 valence electrons. The van der Waals surface area contributed by atoms with Gasteiger partial charge in [0.2, 0.25) is 0 Å². The van der Waals surface area contributed by atoms with Crippen LogP contribution >= 0.6 is 0 Å². The summed E-state index contributed by atoms with van der Waals surface area (Å²) >= 11 is 0. The van der Waals surface area contributed by atoms with Crippen molar-refractivity contribution in [2.75, 3.05) is 32.0 Å². The van der Waals surface area contributed by atoms with Gasteiger partial charge in [-0.2, -0.15) is 0 Å². The molecule has 2 aromatic rings. The first-order valence-electron chi connectivity index (χ1n) is 10.5. The molecule has 2 N–H and O–H groups in total. The molecule has 1 heterocycles. The summed E-state index contributed by atoms with van der Waals surface area (Å²) in [7, 11) is 2.23. The lowest BCUT2D eigenvalue weighted by Crippen LogP contribution is -2.50. The van der Waals surface area contributed by atoms with E-state index >= 15 is 0 Å². The van der Waals surface area contributed by atoms with Crippen LogP contribution in [0.3, 0.4) is 0 Å². The summed E-state index contributed by atoms with van der Waals surface area (Å²) in [6.45, 7) is 5.51. The zero-order chi connectivity index (χ0) is 19.5. The highest BCUT2D eigenvalue weighted by Crippen LogP contribution is 2.41. The maximum atomic E-state index is 12.7. The Labute approximate surface area is 168 Å². The van der Waals surface area contributed by atoms with Gasteiger partial charge in [-0.1, -0.05) is 55.5 Å². The first-order valence-corrected chi connectivity index (χ1v) is 10.5. The molecule has 2 amide bonds. The lowest BCUT2D eigenvalue weighted by molar-refractivity contribution is 0.0285. The molecule has 4 rings (SSSR count). The average molecular weight is 378 g/mol. The van der Waals surface area contributed by atoms with Crippen molar-refractivity contribution in [3.05, 3.63) is 54.6 Å². The van der Waals surface area contributed by atoms with Crippen LogP contribution in [0.1, 0.15) is 19.8 Å². The molecule has 2 aromatic carbocycles. The summed E-state index contributed by atoms with van der Waals surface area (Å²) in [6, 6.07) is 18.0. The van der Waals surface area contributed by atoms with Crippen LogP contribution in [0, 0.1) is 23.7 Å². The minimum Gasteiger partial charge on any atom is -0.338 e. The van der Waals surface area contributed by atoms with Gasteiger partial charge in [-0.05, 0) is 55.2 Å². The number of nitrogens with zero attached hydrogens (tertiary/aromatic N) is 1. The van der Waals surface area contributed by atoms with E-state index in [-0.39, 0.29) is 6.03 Å². The second-order valence-corrected chi connectivity index (χ2v) is 8.71. The van der Waals surface area contributed by atoms with Gasteiger partial charge >= 0.3 is 6.03 Å². The molecule has 28 heavy (non-hydrogen) atoms. The number of urea groups is 1. The number of fused-ring (bicyclic) bond motifs is 2. The maximum Gasteiger partial charge on any atom is 0.319 e. The van der Waals surface area contributed by atoms with Crippen molar-refractivity contribution in [3.63, 3.8) is 0 Å². The van der Waals surface area contributed by atoms with E-state index in [4.69, 9.17) is 0 Å². The standard InChI is InChI=1S/C24H31N3O/c1-17-12-18-13-20(16-27(2)15-18)22(17)14-25-24(28)26-23-11-7-6-10-21(23)19-8-4-3-5-9-19/h3-11,17-18,20,22H,12-16H2,1-2H3,(H2,25,26,28)/t17-,18+,20-,22-/m0/s1. The van der Waals surface area contributed by atoms with Crippen molar-refractivity contribution < 1.29 is 4.79 Å². The van der Waals surface area contributed by atoms with E-state index in [9.17, 15) is 4.79 Å². The zero-order valence-electron chi connectivity index (χ0n) is 16.9. The molecule has 2 fully saturated rings. The fourth-order valence-electron chi connectivity index (χ4n) is 5.35. The number of benzene rings is 2. The molecular weight excluding hydrogens is 346 g/mol. The number of carbonyl (C=O) groups is 1. The van der Waals surface area contributed by atoms with Gasteiger partial charge in [-0.15, -0.1) is 0 Å². The van der Waals surface area contributed by atoms with E-state index in [1.165, 1.54) is 19.4 Å². The highest BCUT2D eigenvalue weighted by Gasteiger charge is 2.39. The van der Waals surface area contributed by atoms with Crippen molar-refractivity contribution in [3.8, 4) is 11.1 Å². The van der Waals surface area contributed by atoms with Crippen LogP contribution in [0.25, 0.3) is 11.1 Å². The Morgan fingerprint density at radius 2 is 1.79 bits per heavy atom. The molecule has 4 nitrogen and oxygen atoms in total. The van der Waals surface area contributed by atoms with Gasteiger partial charge in [0.05, 0.1) is 5.69 Å². The molecule has 0 spiro atoms. The van der Waals surface area contributed by atoms with E-state index in [1.807, 2.05) is 42.5 Å². The molecular formula is C24H31N3O. The van der Waals surface area contributed by atoms with Gasteiger partial charge in [-0.25, -0.2) is 4.79 Å². The van der Waals surface area contributed by atoms with Crippen LogP contribution < -0.4 is 10.6 Å². The molecule has 4 heteroatoms. The summed E-state index contributed by atoms with van der Waals surface area (Å²) < 4.78 is 0. The minimum absolute atomic E-state index is 0.109. The van der Waals surface area contributed by atoms with Crippen LogP contribution in [0.5, 0.6) is 0 Å². The highest BCUT2D eigenvalue weighted by atomic mass is 16.2. The number of hydrogen-bond acceptors (Lipinski definition) is 2. The SMILES string of the molecule is C[C@H]1C[C@@H]2C[C@@H](CN(C)C2)[C@H]1CNC(=O)Nc1ccccc1-c1ccccc1. The number of carbonyl (C=O) groups excluding carboxylic acids is 1. The van der Waals surface area contributed by atoms with Crippen molar-refractivity contribution in [1.82, 2.24) is 10.2 Å². The molecule has 4 atom stereocenters. The first kappa shape index (κ1) is 19.0. The molecule has 0 aromatic heterocycles. The average Bonchev–Trinajstić information content (AvgIpc) is 2.68. The van der Waals surface area contributed by atoms with Crippen LogP contribution in [-0.4, -0.2) is 37.6 Å². The van der Waals surface area contributed by atoms with Crippen molar-refractivity contribution >= 4 is 11.7 Å². The van der Waals surface area contributed by atoms with Crippen molar-refractivity contribution in [1.29, 1.82) is 0 Å². The lowest BCUT2D eigenvalue weighted by atomic mass is 9.66. The second kappa shape index (κ2) is 8.36. The highest BCUT2D eigenvalue weighted by molar-refractivity contribution is 5.94.